The monoisotopic (exact) mass is 361 g/mol. The zero-order valence-electron chi connectivity index (χ0n) is 13.8. The number of morpholine rings is 1. The van der Waals surface area contributed by atoms with Crippen molar-refractivity contribution in [3.63, 3.8) is 0 Å². The van der Waals surface area contributed by atoms with Gasteiger partial charge in [0, 0.05) is 24.8 Å². The summed E-state index contributed by atoms with van der Waals surface area (Å²) in [4.78, 5) is 16.6. The Morgan fingerprint density at radius 2 is 1.96 bits per heavy atom. The minimum atomic E-state index is -3.64. The predicted molar refractivity (Wildman–Crippen MR) is 92.9 cm³/mol. The lowest BCUT2D eigenvalue weighted by atomic mass is 10.2. The Hall–Kier alpha value is -2.29. The molecule has 8 heteroatoms. The normalized spacial score (nSPS) is 15.7. The number of aryl methyl sites for hydroxylation is 1. The first-order valence-corrected chi connectivity index (χ1v) is 9.33. The van der Waals surface area contributed by atoms with Crippen LogP contribution in [0.3, 0.4) is 0 Å². The molecule has 0 saturated carbocycles. The van der Waals surface area contributed by atoms with Gasteiger partial charge in [-0.2, -0.15) is 4.31 Å². The summed E-state index contributed by atoms with van der Waals surface area (Å²) in [5, 5.41) is 2.67. The van der Waals surface area contributed by atoms with Gasteiger partial charge in [-0.05, 0) is 36.8 Å². The summed E-state index contributed by atoms with van der Waals surface area (Å²) in [6, 6.07) is 9.54. The van der Waals surface area contributed by atoms with Crippen LogP contribution in [-0.2, 0) is 14.8 Å². The summed E-state index contributed by atoms with van der Waals surface area (Å²) in [6.07, 6.45) is 1.65. The smallest absolute Gasteiger partial charge is 0.256 e. The van der Waals surface area contributed by atoms with Gasteiger partial charge < -0.3 is 10.1 Å². The molecule has 0 aliphatic carbocycles. The molecule has 2 aromatic rings. The number of sulfonamides is 1. The predicted octanol–water partition coefficient (Wildman–Crippen LogP) is 1.66. The molecule has 0 atom stereocenters. The number of carbonyl (C=O) groups is 1. The van der Waals surface area contributed by atoms with Crippen molar-refractivity contribution in [1.82, 2.24) is 9.29 Å². The second kappa shape index (κ2) is 7.30. The first-order valence-electron chi connectivity index (χ1n) is 7.89. The number of hydrogen-bond donors (Lipinski definition) is 1. The molecule has 1 fully saturated rings. The Kier molecular flexibility index (Phi) is 5.12. The quantitative estimate of drug-likeness (QED) is 0.895. The third-order valence-corrected chi connectivity index (χ3v) is 5.75. The number of rotatable bonds is 4. The van der Waals surface area contributed by atoms with Crippen LogP contribution >= 0.6 is 0 Å². The van der Waals surface area contributed by atoms with E-state index in [0.717, 1.165) is 5.56 Å². The average molecular weight is 361 g/mol. The number of nitrogens with zero attached hydrogens (tertiary/aromatic N) is 2. The molecule has 2 heterocycles. The number of nitrogens with one attached hydrogen (secondary N) is 1. The summed E-state index contributed by atoms with van der Waals surface area (Å²) in [6.45, 7) is 3.27. The van der Waals surface area contributed by atoms with Crippen LogP contribution in [0.5, 0.6) is 0 Å². The lowest BCUT2D eigenvalue weighted by Gasteiger charge is -2.26. The van der Waals surface area contributed by atoms with Gasteiger partial charge in [0.1, 0.15) is 5.82 Å². The van der Waals surface area contributed by atoms with E-state index in [0.29, 0.717) is 32.1 Å². The zero-order valence-corrected chi connectivity index (χ0v) is 14.6. The van der Waals surface area contributed by atoms with Crippen molar-refractivity contribution in [2.45, 2.75) is 11.8 Å². The number of hydrogen-bond acceptors (Lipinski definition) is 5. The molecule has 1 aromatic heterocycles. The molecule has 0 bridgehead atoms. The summed E-state index contributed by atoms with van der Waals surface area (Å²) in [7, 11) is -3.64. The van der Waals surface area contributed by atoms with Crippen molar-refractivity contribution in [3.8, 4) is 0 Å². The molecule has 7 nitrogen and oxygen atoms in total. The molecule has 1 aliphatic rings. The van der Waals surface area contributed by atoms with Crippen LogP contribution in [0.2, 0.25) is 0 Å². The molecule has 25 heavy (non-hydrogen) atoms. The Balaban J connectivity index is 1.80. The van der Waals surface area contributed by atoms with Gasteiger partial charge in [0.15, 0.2) is 0 Å². The highest BCUT2D eigenvalue weighted by molar-refractivity contribution is 7.89. The largest absolute Gasteiger partial charge is 0.379 e. The molecule has 1 aliphatic heterocycles. The number of benzene rings is 1. The number of ether oxygens (including phenoxy) is 1. The van der Waals surface area contributed by atoms with E-state index in [1.54, 1.807) is 24.4 Å². The average Bonchev–Trinajstić information content (AvgIpc) is 2.64. The van der Waals surface area contributed by atoms with Crippen LogP contribution in [0.25, 0.3) is 0 Å². The van der Waals surface area contributed by atoms with Gasteiger partial charge in [0.25, 0.3) is 5.91 Å². The minimum absolute atomic E-state index is 0.0962. The number of carbonyl (C=O) groups excluding carboxylic acids is 1. The van der Waals surface area contributed by atoms with E-state index in [1.165, 1.54) is 16.4 Å². The van der Waals surface area contributed by atoms with Gasteiger partial charge in [-0.25, -0.2) is 13.4 Å². The first kappa shape index (κ1) is 17.5. The Morgan fingerprint density at radius 1 is 1.20 bits per heavy atom. The van der Waals surface area contributed by atoms with Crippen molar-refractivity contribution in [3.05, 3.63) is 53.7 Å². The van der Waals surface area contributed by atoms with Gasteiger partial charge in [-0.1, -0.05) is 12.1 Å². The zero-order chi connectivity index (χ0) is 17.9. The van der Waals surface area contributed by atoms with E-state index in [1.807, 2.05) is 13.0 Å². The van der Waals surface area contributed by atoms with Crippen LogP contribution in [0.15, 0.2) is 47.5 Å². The molecular weight excluding hydrogens is 342 g/mol. The molecule has 0 radical (unpaired) electrons. The Morgan fingerprint density at radius 3 is 2.64 bits per heavy atom. The topological polar surface area (TPSA) is 88.6 Å². The molecule has 1 N–H and O–H groups in total. The van der Waals surface area contributed by atoms with Crippen molar-refractivity contribution < 1.29 is 17.9 Å². The van der Waals surface area contributed by atoms with Gasteiger partial charge >= 0.3 is 0 Å². The lowest BCUT2D eigenvalue weighted by Crippen LogP contribution is -2.40. The maximum absolute atomic E-state index is 12.7. The highest BCUT2D eigenvalue weighted by Crippen LogP contribution is 2.19. The fourth-order valence-corrected chi connectivity index (χ4v) is 3.92. The number of amides is 1. The molecule has 1 saturated heterocycles. The van der Waals surface area contributed by atoms with Crippen LogP contribution in [-0.4, -0.2) is 49.9 Å². The van der Waals surface area contributed by atoms with Crippen LogP contribution in [0, 0.1) is 6.92 Å². The Bertz CT molecular complexity index is 860. The molecular formula is C17H19N3O4S. The van der Waals surface area contributed by atoms with E-state index < -0.39 is 15.9 Å². The van der Waals surface area contributed by atoms with Gasteiger partial charge in [0.05, 0.1) is 18.1 Å². The van der Waals surface area contributed by atoms with Gasteiger partial charge in [-0.15, -0.1) is 0 Å². The van der Waals surface area contributed by atoms with Gasteiger partial charge in [0.2, 0.25) is 10.0 Å². The van der Waals surface area contributed by atoms with E-state index in [2.05, 4.69) is 10.3 Å². The van der Waals surface area contributed by atoms with Crippen molar-refractivity contribution in [2.75, 3.05) is 31.6 Å². The lowest BCUT2D eigenvalue weighted by molar-refractivity contribution is 0.0730. The second-order valence-corrected chi connectivity index (χ2v) is 7.66. The number of aromatic nitrogens is 1. The van der Waals surface area contributed by atoms with Crippen molar-refractivity contribution in [2.24, 2.45) is 0 Å². The maximum atomic E-state index is 12.7. The van der Waals surface area contributed by atoms with Crippen LogP contribution in [0.1, 0.15) is 15.9 Å². The summed E-state index contributed by atoms with van der Waals surface area (Å²) in [5.41, 5.74) is 1.24. The molecule has 0 unspecified atom stereocenters. The molecule has 1 amide bonds. The SMILES string of the molecule is Cc1ccc(NC(=O)c2cccc(S(=O)(=O)N3CCOCC3)c2)nc1. The second-order valence-electron chi connectivity index (χ2n) is 5.72. The summed E-state index contributed by atoms with van der Waals surface area (Å²) in [5.74, 6) is 0.00687. The van der Waals surface area contributed by atoms with E-state index in [-0.39, 0.29) is 10.5 Å². The molecule has 1 aromatic carbocycles. The van der Waals surface area contributed by atoms with E-state index in [4.69, 9.17) is 4.74 Å². The van der Waals surface area contributed by atoms with Gasteiger partial charge in [-0.3, -0.25) is 4.79 Å². The van der Waals surface area contributed by atoms with Crippen LogP contribution < -0.4 is 5.32 Å². The molecule has 0 spiro atoms. The standard InChI is InChI=1S/C17H19N3O4S/c1-13-5-6-16(18-12-13)19-17(21)14-3-2-4-15(11-14)25(22,23)20-7-9-24-10-8-20/h2-6,11-12H,7-10H2,1H3,(H,18,19,21). The number of pyridine rings is 1. The van der Waals surface area contributed by atoms with Crippen molar-refractivity contribution >= 4 is 21.7 Å². The first-order chi connectivity index (χ1) is 12.0. The third kappa shape index (κ3) is 4.04. The summed E-state index contributed by atoms with van der Waals surface area (Å²) >= 11 is 0. The highest BCUT2D eigenvalue weighted by Gasteiger charge is 2.26. The van der Waals surface area contributed by atoms with Crippen LogP contribution in [0.4, 0.5) is 5.82 Å². The Labute approximate surface area is 146 Å². The summed E-state index contributed by atoms with van der Waals surface area (Å²) < 4.78 is 31.9. The van der Waals surface area contributed by atoms with E-state index in [9.17, 15) is 13.2 Å². The fraction of sp³-hybridized carbons (Fsp3) is 0.294. The fourth-order valence-electron chi connectivity index (χ4n) is 2.46. The van der Waals surface area contributed by atoms with E-state index >= 15 is 0 Å². The molecule has 132 valence electrons. The van der Waals surface area contributed by atoms with Crippen molar-refractivity contribution in [1.29, 1.82) is 0 Å². The third-order valence-electron chi connectivity index (χ3n) is 3.86. The molecule has 3 rings (SSSR count). The minimum Gasteiger partial charge on any atom is -0.379 e. The maximum Gasteiger partial charge on any atom is 0.256 e. The number of anilines is 1. The highest BCUT2D eigenvalue weighted by atomic mass is 32.2.